The monoisotopic (exact) mass is 303 g/mol. The molecule has 0 saturated heterocycles. The molecule has 5 nitrogen and oxygen atoms in total. The van der Waals surface area contributed by atoms with E-state index in [1.54, 1.807) is 10.7 Å². The van der Waals surface area contributed by atoms with E-state index in [9.17, 15) is 5.26 Å². The third kappa shape index (κ3) is 2.15. The molecule has 1 aliphatic rings. The number of hydrogen-bond acceptors (Lipinski definition) is 4. The maximum atomic E-state index is 9.19. The Bertz CT molecular complexity index is 948. The second-order valence-corrected chi connectivity index (χ2v) is 6.07. The van der Waals surface area contributed by atoms with Gasteiger partial charge in [0, 0.05) is 11.8 Å². The van der Waals surface area contributed by atoms with Crippen LogP contribution < -0.4 is 5.32 Å². The largest absolute Gasteiger partial charge is 0.363 e. The van der Waals surface area contributed by atoms with Crippen molar-refractivity contribution in [3.05, 3.63) is 58.4 Å². The summed E-state index contributed by atoms with van der Waals surface area (Å²) in [6, 6.07) is 10.9. The van der Waals surface area contributed by atoms with Crippen LogP contribution in [-0.2, 0) is 6.42 Å². The van der Waals surface area contributed by atoms with Gasteiger partial charge in [-0.3, -0.25) is 0 Å². The smallest absolute Gasteiger partial charge is 0.175 e. The summed E-state index contributed by atoms with van der Waals surface area (Å²) in [5.74, 6) is 0.883. The molecule has 3 aromatic rings. The summed E-state index contributed by atoms with van der Waals surface area (Å²) < 4.78 is 1.72. The van der Waals surface area contributed by atoms with Gasteiger partial charge in [0.2, 0.25) is 0 Å². The topological polar surface area (TPSA) is 66.0 Å². The van der Waals surface area contributed by atoms with Crippen molar-refractivity contribution in [2.24, 2.45) is 0 Å². The number of nitriles is 1. The van der Waals surface area contributed by atoms with Crippen LogP contribution in [0.15, 0.2) is 30.5 Å². The van der Waals surface area contributed by atoms with Crippen LogP contribution in [0.2, 0.25) is 0 Å². The number of hydrogen-bond donors (Lipinski definition) is 1. The summed E-state index contributed by atoms with van der Waals surface area (Å²) in [6.07, 6.45) is 3.73. The Kier molecular flexibility index (Phi) is 3.05. The average molecular weight is 303 g/mol. The molecule has 1 aromatic carbocycles. The predicted octanol–water partition coefficient (Wildman–Crippen LogP) is 3.32. The Hall–Kier alpha value is -2.87. The molecule has 2 heterocycles. The molecular weight excluding hydrogens is 286 g/mol. The van der Waals surface area contributed by atoms with E-state index in [2.05, 4.69) is 46.6 Å². The SMILES string of the molecule is Cc1cc(NC2CCc3c(C)cccc32)n2ncc(C#N)c2n1. The molecule has 0 spiro atoms. The van der Waals surface area contributed by atoms with Crippen molar-refractivity contribution < 1.29 is 0 Å². The van der Waals surface area contributed by atoms with Crippen LogP contribution in [0.3, 0.4) is 0 Å². The third-order valence-corrected chi connectivity index (χ3v) is 4.55. The molecule has 4 rings (SSSR count). The molecular formula is C18H17N5. The van der Waals surface area contributed by atoms with E-state index in [0.717, 1.165) is 24.4 Å². The van der Waals surface area contributed by atoms with Crippen LogP contribution in [0.5, 0.6) is 0 Å². The molecule has 23 heavy (non-hydrogen) atoms. The van der Waals surface area contributed by atoms with Crippen molar-refractivity contribution in [3.8, 4) is 6.07 Å². The van der Waals surface area contributed by atoms with Crippen LogP contribution in [0.25, 0.3) is 5.65 Å². The van der Waals surface area contributed by atoms with Crippen LogP contribution in [0.1, 0.15) is 40.4 Å². The van der Waals surface area contributed by atoms with Gasteiger partial charge in [-0.25, -0.2) is 4.98 Å². The molecule has 0 saturated carbocycles. The minimum Gasteiger partial charge on any atom is -0.363 e. The van der Waals surface area contributed by atoms with Crippen molar-refractivity contribution in [2.45, 2.75) is 32.7 Å². The summed E-state index contributed by atoms with van der Waals surface area (Å²) in [4.78, 5) is 4.44. The number of benzene rings is 1. The fourth-order valence-electron chi connectivity index (χ4n) is 3.43. The summed E-state index contributed by atoms with van der Waals surface area (Å²) in [5.41, 5.74) is 6.15. The highest BCUT2D eigenvalue weighted by atomic mass is 15.3. The van der Waals surface area contributed by atoms with E-state index in [1.165, 1.54) is 16.7 Å². The lowest BCUT2D eigenvalue weighted by Gasteiger charge is -2.17. The quantitative estimate of drug-likeness (QED) is 0.788. The minimum absolute atomic E-state index is 0.268. The van der Waals surface area contributed by atoms with Gasteiger partial charge < -0.3 is 5.32 Å². The Balaban J connectivity index is 1.77. The zero-order valence-electron chi connectivity index (χ0n) is 13.2. The number of nitrogens with zero attached hydrogens (tertiary/aromatic N) is 4. The molecule has 114 valence electrons. The molecule has 0 amide bonds. The molecule has 0 aliphatic heterocycles. The first-order valence-electron chi connectivity index (χ1n) is 7.78. The summed E-state index contributed by atoms with van der Waals surface area (Å²) in [5, 5.41) is 17.1. The molecule has 0 fully saturated rings. The van der Waals surface area contributed by atoms with Crippen molar-refractivity contribution in [1.29, 1.82) is 5.26 Å². The van der Waals surface area contributed by atoms with Gasteiger partial charge in [-0.15, -0.1) is 0 Å². The third-order valence-electron chi connectivity index (χ3n) is 4.55. The molecule has 0 radical (unpaired) electrons. The van der Waals surface area contributed by atoms with E-state index in [4.69, 9.17) is 0 Å². The Morgan fingerprint density at radius 3 is 3.04 bits per heavy atom. The van der Waals surface area contributed by atoms with Gasteiger partial charge in [-0.1, -0.05) is 18.2 Å². The highest BCUT2D eigenvalue weighted by molar-refractivity contribution is 5.59. The van der Waals surface area contributed by atoms with E-state index < -0.39 is 0 Å². The molecule has 1 atom stereocenters. The fourth-order valence-corrected chi connectivity index (χ4v) is 3.43. The lowest BCUT2D eigenvalue weighted by molar-refractivity contribution is 0.746. The van der Waals surface area contributed by atoms with Crippen molar-refractivity contribution in [2.75, 3.05) is 5.32 Å². The first-order valence-corrected chi connectivity index (χ1v) is 7.78. The van der Waals surface area contributed by atoms with Crippen LogP contribution in [0, 0.1) is 25.2 Å². The van der Waals surface area contributed by atoms with Gasteiger partial charge in [0.15, 0.2) is 5.65 Å². The van der Waals surface area contributed by atoms with Crippen molar-refractivity contribution in [1.82, 2.24) is 14.6 Å². The van der Waals surface area contributed by atoms with Crippen LogP contribution >= 0.6 is 0 Å². The maximum Gasteiger partial charge on any atom is 0.175 e. The second-order valence-electron chi connectivity index (χ2n) is 6.07. The van der Waals surface area contributed by atoms with E-state index in [-0.39, 0.29) is 6.04 Å². The number of rotatable bonds is 2. The van der Waals surface area contributed by atoms with Gasteiger partial charge in [0.25, 0.3) is 0 Å². The number of fused-ring (bicyclic) bond motifs is 2. The molecule has 1 N–H and O–H groups in total. The van der Waals surface area contributed by atoms with Crippen molar-refractivity contribution >= 4 is 11.5 Å². The fraction of sp³-hybridized carbons (Fsp3) is 0.278. The summed E-state index contributed by atoms with van der Waals surface area (Å²) in [6.45, 7) is 4.11. The summed E-state index contributed by atoms with van der Waals surface area (Å²) >= 11 is 0. The molecule has 1 unspecified atom stereocenters. The van der Waals surface area contributed by atoms with E-state index >= 15 is 0 Å². The number of anilines is 1. The zero-order valence-corrected chi connectivity index (χ0v) is 13.2. The molecule has 0 bridgehead atoms. The van der Waals surface area contributed by atoms with Crippen molar-refractivity contribution in [3.63, 3.8) is 0 Å². The predicted molar refractivity (Wildman–Crippen MR) is 88.3 cm³/mol. The summed E-state index contributed by atoms with van der Waals surface area (Å²) in [7, 11) is 0. The zero-order chi connectivity index (χ0) is 16.0. The van der Waals surface area contributed by atoms with E-state index in [0.29, 0.717) is 11.2 Å². The maximum absolute atomic E-state index is 9.19. The molecule has 5 heteroatoms. The lowest BCUT2D eigenvalue weighted by atomic mass is 10.0. The van der Waals surface area contributed by atoms with Crippen LogP contribution in [-0.4, -0.2) is 14.6 Å². The number of aryl methyl sites for hydroxylation is 2. The molecule has 1 aliphatic carbocycles. The normalized spacial score (nSPS) is 16.3. The standard InChI is InChI=1S/C18H17N5/c1-11-4-3-5-15-14(11)6-7-16(15)22-17-8-12(2)21-18-13(9-19)10-20-23(17)18/h3-5,8,10,16,22H,6-7H2,1-2H3. The highest BCUT2D eigenvalue weighted by Gasteiger charge is 2.24. The second kappa shape index (κ2) is 5.10. The van der Waals surface area contributed by atoms with E-state index in [1.807, 2.05) is 13.0 Å². The molecule has 2 aromatic heterocycles. The lowest BCUT2D eigenvalue weighted by Crippen LogP contribution is -2.12. The Morgan fingerprint density at radius 2 is 2.22 bits per heavy atom. The minimum atomic E-state index is 0.268. The highest BCUT2D eigenvalue weighted by Crippen LogP contribution is 2.35. The van der Waals surface area contributed by atoms with Gasteiger partial charge in [0.05, 0.1) is 12.2 Å². The van der Waals surface area contributed by atoms with Gasteiger partial charge in [-0.05, 0) is 43.4 Å². The average Bonchev–Trinajstić information content (AvgIpc) is 3.12. The van der Waals surface area contributed by atoms with Gasteiger partial charge >= 0.3 is 0 Å². The Labute approximate surface area is 134 Å². The number of nitrogens with one attached hydrogen (secondary N) is 1. The van der Waals surface area contributed by atoms with Gasteiger partial charge in [-0.2, -0.15) is 14.9 Å². The van der Waals surface area contributed by atoms with Crippen LogP contribution in [0.4, 0.5) is 5.82 Å². The Morgan fingerprint density at radius 1 is 1.35 bits per heavy atom. The number of aromatic nitrogens is 3. The first-order chi connectivity index (χ1) is 11.2. The first kappa shape index (κ1) is 13.8. The van der Waals surface area contributed by atoms with Gasteiger partial charge in [0.1, 0.15) is 17.5 Å².